The third-order valence-electron chi connectivity index (χ3n) is 4.19. The molecule has 2 aromatic rings. The highest BCUT2D eigenvalue weighted by atomic mass is 35.5. The van der Waals surface area contributed by atoms with Crippen molar-refractivity contribution in [3.8, 4) is 0 Å². The lowest BCUT2D eigenvalue weighted by atomic mass is 10.0. The number of aromatic nitrogens is 1. The fourth-order valence-electron chi connectivity index (χ4n) is 2.85. The van der Waals surface area contributed by atoms with Gasteiger partial charge in [0, 0.05) is 22.3 Å². The number of benzene rings is 1. The van der Waals surface area contributed by atoms with Gasteiger partial charge in [-0.15, -0.1) is 0 Å². The third kappa shape index (κ3) is 5.12. The number of likely N-dealkylation sites (tertiary alicyclic amines) is 1. The van der Waals surface area contributed by atoms with E-state index >= 15 is 0 Å². The van der Waals surface area contributed by atoms with Crippen LogP contribution in [-0.2, 0) is 4.74 Å². The molecule has 1 atom stereocenters. The Morgan fingerprint density at radius 3 is 2.48 bits per heavy atom. The first kappa shape index (κ1) is 19.9. The molecular formula is C20H23Cl2N3O2. The Labute approximate surface area is 169 Å². The highest BCUT2D eigenvalue weighted by molar-refractivity contribution is 6.30. The van der Waals surface area contributed by atoms with E-state index in [0.717, 1.165) is 11.1 Å². The fourth-order valence-corrected chi connectivity index (χ4v) is 3.19. The molecule has 0 unspecified atom stereocenters. The van der Waals surface area contributed by atoms with Gasteiger partial charge < -0.3 is 15.0 Å². The topological polar surface area (TPSA) is 54.5 Å². The minimum Gasteiger partial charge on any atom is -0.362 e. The van der Waals surface area contributed by atoms with E-state index in [9.17, 15) is 4.79 Å². The molecule has 0 spiro atoms. The van der Waals surface area contributed by atoms with Gasteiger partial charge in [0.2, 0.25) is 0 Å². The SMILES string of the molecule is CC(C)(C)NC(=O)N1CC(O[C@H](c2ccc(Cl)cc2)c2cccnc2Cl)C1. The van der Waals surface area contributed by atoms with Crippen molar-refractivity contribution >= 4 is 29.2 Å². The van der Waals surface area contributed by atoms with Crippen LogP contribution in [0.1, 0.15) is 38.0 Å². The average molecular weight is 408 g/mol. The number of hydrogen-bond donors (Lipinski definition) is 1. The van der Waals surface area contributed by atoms with Gasteiger partial charge in [-0.1, -0.05) is 41.4 Å². The first-order chi connectivity index (χ1) is 12.7. The van der Waals surface area contributed by atoms with E-state index in [1.54, 1.807) is 11.1 Å². The van der Waals surface area contributed by atoms with Crippen LogP contribution < -0.4 is 5.32 Å². The quantitative estimate of drug-likeness (QED) is 0.747. The van der Waals surface area contributed by atoms with Crippen LogP contribution in [0.4, 0.5) is 4.79 Å². The molecule has 1 saturated heterocycles. The van der Waals surface area contributed by atoms with E-state index in [1.165, 1.54) is 0 Å². The second-order valence-electron chi connectivity index (χ2n) is 7.66. The maximum absolute atomic E-state index is 12.2. The van der Waals surface area contributed by atoms with Gasteiger partial charge in [0.1, 0.15) is 11.3 Å². The molecule has 1 aromatic carbocycles. The number of urea groups is 1. The van der Waals surface area contributed by atoms with Crippen molar-refractivity contribution in [3.05, 3.63) is 63.9 Å². The van der Waals surface area contributed by atoms with Gasteiger partial charge in [0.15, 0.2) is 0 Å². The molecule has 2 amide bonds. The number of nitrogens with zero attached hydrogens (tertiary/aromatic N) is 2. The number of amides is 2. The van der Waals surface area contributed by atoms with Gasteiger partial charge in [-0.2, -0.15) is 0 Å². The van der Waals surface area contributed by atoms with Gasteiger partial charge in [-0.25, -0.2) is 9.78 Å². The molecule has 1 aliphatic heterocycles. The lowest BCUT2D eigenvalue weighted by Gasteiger charge is -2.41. The maximum atomic E-state index is 12.2. The van der Waals surface area contributed by atoms with Gasteiger partial charge >= 0.3 is 6.03 Å². The summed E-state index contributed by atoms with van der Waals surface area (Å²) in [6.45, 7) is 6.94. The van der Waals surface area contributed by atoms with Gasteiger partial charge in [0.25, 0.3) is 0 Å². The monoisotopic (exact) mass is 407 g/mol. The van der Waals surface area contributed by atoms with Crippen LogP contribution in [0.25, 0.3) is 0 Å². The molecule has 27 heavy (non-hydrogen) atoms. The van der Waals surface area contributed by atoms with Crippen LogP contribution in [0.5, 0.6) is 0 Å². The normalized spacial score (nSPS) is 16.0. The van der Waals surface area contributed by atoms with E-state index in [0.29, 0.717) is 23.3 Å². The number of carbonyl (C=O) groups excluding carboxylic acids is 1. The number of pyridine rings is 1. The molecule has 144 valence electrons. The Kier molecular flexibility index (Phi) is 5.94. The maximum Gasteiger partial charge on any atom is 0.317 e. The van der Waals surface area contributed by atoms with E-state index in [4.69, 9.17) is 27.9 Å². The molecule has 1 aromatic heterocycles. The van der Waals surface area contributed by atoms with Crippen LogP contribution in [0.15, 0.2) is 42.6 Å². The van der Waals surface area contributed by atoms with E-state index in [1.807, 2.05) is 57.2 Å². The van der Waals surface area contributed by atoms with E-state index < -0.39 is 0 Å². The standard InChI is InChI=1S/C20H23Cl2N3O2/c1-20(2,3)24-19(26)25-11-15(12-25)27-17(13-6-8-14(21)9-7-13)16-5-4-10-23-18(16)22/h4-10,15,17H,11-12H2,1-3H3,(H,24,26)/t17-/m1/s1. The zero-order valence-electron chi connectivity index (χ0n) is 15.6. The Bertz CT molecular complexity index is 800. The molecule has 1 aliphatic rings. The average Bonchev–Trinajstić information content (AvgIpc) is 2.54. The summed E-state index contributed by atoms with van der Waals surface area (Å²) in [6.07, 6.45) is 1.20. The van der Waals surface area contributed by atoms with Crippen LogP contribution in [0.3, 0.4) is 0 Å². The smallest absolute Gasteiger partial charge is 0.317 e. The Morgan fingerprint density at radius 1 is 1.22 bits per heavy atom. The number of halogens is 2. The predicted octanol–water partition coefficient (Wildman–Crippen LogP) is 4.69. The summed E-state index contributed by atoms with van der Waals surface area (Å²) >= 11 is 12.3. The van der Waals surface area contributed by atoms with Crippen LogP contribution in [0.2, 0.25) is 10.2 Å². The summed E-state index contributed by atoms with van der Waals surface area (Å²) in [4.78, 5) is 18.1. The lowest BCUT2D eigenvalue weighted by molar-refractivity contribution is -0.0652. The van der Waals surface area contributed by atoms with Crippen molar-refractivity contribution in [2.45, 2.75) is 38.5 Å². The third-order valence-corrected chi connectivity index (χ3v) is 4.76. The number of ether oxygens (including phenoxy) is 1. The van der Waals surface area contributed by atoms with Gasteiger partial charge in [0.05, 0.1) is 19.2 Å². The number of hydrogen-bond acceptors (Lipinski definition) is 3. The zero-order chi connectivity index (χ0) is 19.6. The molecular weight excluding hydrogens is 385 g/mol. The Morgan fingerprint density at radius 2 is 1.89 bits per heavy atom. The summed E-state index contributed by atoms with van der Waals surface area (Å²) in [7, 11) is 0. The van der Waals surface area contributed by atoms with Crippen molar-refractivity contribution in [1.82, 2.24) is 15.2 Å². The summed E-state index contributed by atoms with van der Waals surface area (Å²) in [6, 6.07) is 11.1. The van der Waals surface area contributed by atoms with Crippen molar-refractivity contribution in [1.29, 1.82) is 0 Å². The molecule has 5 nitrogen and oxygen atoms in total. The summed E-state index contributed by atoms with van der Waals surface area (Å²) in [5.41, 5.74) is 1.46. The molecule has 3 rings (SSSR count). The largest absolute Gasteiger partial charge is 0.362 e. The van der Waals surface area contributed by atoms with Crippen LogP contribution in [0, 0.1) is 0 Å². The van der Waals surface area contributed by atoms with E-state index in [-0.39, 0.29) is 23.8 Å². The van der Waals surface area contributed by atoms with Crippen molar-refractivity contribution in [3.63, 3.8) is 0 Å². The van der Waals surface area contributed by atoms with Crippen molar-refractivity contribution in [2.24, 2.45) is 0 Å². The Balaban J connectivity index is 1.72. The van der Waals surface area contributed by atoms with Gasteiger partial charge in [-0.3, -0.25) is 0 Å². The fraction of sp³-hybridized carbons (Fsp3) is 0.400. The van der Waals surface area contributed by atoms with Gasteiger partial charge in [-0.05, 0) is 44.5 Å². The minimum atomic E-state index is -0.374. The number of carbonyl (C=O) groups is 1. The van der Waals surface area contributed by atoms with Crippen molar-refractivity contribution < 1.29 is 9.53 Å². The second kappa shape index (κ2) is 8.05. The highest BCUT2D eigenvalue weighted by Crippen LogP contribution is 2.33. The zero-order valence-corrected chi connectivity index (χ0v) is 17.1. The molecule has 1 fully saturated rings. The van der Waals surface area contributed by atoms with Crippen LogP contribution in [-0.4, -0.2) is 40.6 Å². The summed E-state index contributed by atoms with van der Waals surface area (Å²) < 4.78 is 6.30. The molecule has 0 radical (unpaired) electrons. The predicted molar refractivity (Wildman–Crippen MR) is 107 cm³/mol. The van der Waals surface area contributed by atoms with E-state index in [2.05, 4.69) is 10.3 Å². The molecule has 2 heterocycles. The first-order valence-corrected chi connectivity index (χ1v) is 9.57. The molecule has 1 N–H and O–H groups in total. The molecule has 0 bridgehead atoms. The molecule has 0 saturated carbocycles. The highest BCUT2D eigenvalue weighted by Gasteiger charge is 2.35. The lowest BCUT2D eigenvalue weighted by Crippen LogP contribution is -2.60. The summed E-state index contributed by atoms with van der Waals surface area (Å²) in [5, 5.41) is 4.02. The summed E-state index contributed by atoms with van der Waals surface area (Å²) in [5.74, 6) is 0. The molecule has 0 aliphatic carbocycles. The second-order valence-corrected chi connectivity index (χ2v) is 8.45. The van der Waals surface area contributed by atoms with Crippen molar-refractivity contribution in [2.75, 3.05) is 13.1 Å². The number of rotatable bonds is 4. The number of nitrogens with one attached hydrogen (secondary N) is 1. The Hall–Kier alpha value is -1.82. The molecule has 7 heteroatoms. The minimum absolute atomic E-state index is 0.0762. The first-order valence-electron chi connectivity index (χ1n) is 8.81. The van der Waals surface area contributed by atoms with Crippen LogP contribution >= 0.6 is 23.2 Å².